The normalized spacial score (nSPS) is 15.6. The van der Waals surface area contributed by atoms with Gasteiger partial charge in [-0.1, -0.05) is 30.3 Å². The molecule has 124 valence electrons. The van der Waals surface area contributed by atoms with Crippen LogP contribution in [0.3, 0.4) is 0 Å². The number of aliphatic imine (C=N–C) groups is 1. The minimum absolute atomic E-state index is 0. The van der Waals surface area contributed by atoms with Crippen LogP contribution in [0.25, 0.3) is 0 Å². The van der Waals surface area contributed by atoms with Crippen LogP contribution in [-0.2, 0) is 12.0 Å². The summed E-state index contributed by atoms with van der Waals surface area (Å²) in [4.78, 5) is 8.34. The fourth-order valence-corrected chi connectivity index (χ4v) is 2.71. The Hall–Kier alpha value is -1.57. The van der Waals surface area contributed by atoms with Gasteiger partial charge in [-0.25, -0.2) is 4.98 Å². The molecular formula is C17H24IN5. The largest absolute Gasteiger partial charge is 0.356 e. The summed E-state index contributed by atoms with van der Waals surface area (Å²) >= 11 is 0. The molecule has 0 unspecified atom stereocenters. The number of halogens is 1. The first kappa shape index (κ1) is 17.8. The number of nitrogens with one attached hydrogen (secondary N) is 2. The predicted molar refractivity (Wildman–Crippen MR) is 104 cm³/mol. The van der Waals surface area contributed by atoms with E-state index in [4.69, 9.17) is 0 Å². The SMILES string of the molecule is CN=C(NCCn1ccnc1)NCC1(c2ccccc2)CC1.I. The van der Waals surface area contributed by atoms with Gasteiger partial charge in [-0.05, 0) is 18.4 Å². The Balaban J connectivity index is 0.00000192. The maximum absolute atomic E-state index is 4.30. The summed E-state index contributed by atoms with van der Waals surface area (Å²) in [5, 5.41) is 6.81. The van der Waals surface area contributed by atoms with Crippen LogP contribution in [-0.4, -0.2) is 35.6 Å². The molecule has 1 fully saturated rings. The van der Waals surface area contributed by atoms with Crippen molar-refractivity contribution in [2.75, 3.05) is 20.1 Å². The molecule has 3 rings (SSSR count). The van der Waals surface area contributed by atoms with Crippen LogP contribution in [0.5, 0.6) is 0 Å². The highest BCUT2D eigenvalue weighted by molar-refractivity contribution is 14.0. The molecule has 6 heteroatoms. The molecular weight excluding hydrogens is 401 g/mol. The van der Waals surface area contributed by atoms with Crippen LogP contribution < -0.4 is 10.6 Å². The first-order valence-electron chi connectivity index (χ1n) is 7.78. The minimum atomic E-state index is 0. The second-order valence-electron chi connectivity index (χ2n) is 5.80. The standard InChI is InChI=1S/C17H23N5.HI/c1-18-16(20-10-12-22-11-9-19-14-22)21-13-17(7-8-17)15-5-3-2-4-6-15;/h2-6,9,11,14H,7-8,10,12-13H2,1H3,(H2,18,20,21);1H. The summed E-state index contributed by atoms with van der Waals surface area (Å²) in [6.07, 6.45) is 8.08. The Morgan fingerprint density at radius 1 is 1.26 bits per heavy atom. The Kier molecular flexibility index (Phi) is 6.44. The number of rotatable bonds is 6. The highest BCUT2D eigenvalue weighted by atomic mass is 127. The molecule has 2 N–H and O–H groups in total. The summed E-state index contributed by atoms with van der Waals surface area (Å²) in [7, 11) is 1.81. The van der Waals surface area contributed by atoms with Crippen LogP contribution in [0, 0.1) is 0 Å². The predicted octanol–water partition coefficient (Wildman–Crippen LogP) is 2.40. The van der Waals surface area contributed by atoms with E-state index in [2.05, 4.69) is 50.9 Å². The molecule has 23 heavy (non-hydrogen) atoms. The molecule has 0 amide bonds. The molecule has 1 aliphatic carbocycles. The van der Waals surface area contributed by atoms with E-state index in [-0.39, 0.29) is 24.0 Å². The molecule has 0 aliphatic heterocycles. The van der Waals surface area contributed by atoms with Crippen molar-refractivity contribution in [2.24, 2.45) is 4.99 Å². The van der Waals surface area contributed by atoms with E-state index in [1.807, 2.05) is 24.1 Å². The fraction of sp³-hybridized carbons (Fsp3) is 0.412. The van der Waals surface area contributed by atoms with Crippen LogP contribution in [0.2, 0.25) is 0 Å². The van der Waals surface area contributed by atoms with E-state index in [9.17, 15) is 0 Å². The molecule has 1 saturated carbocycles. The van der Waals surface area contributed by atoms with Crippen molar-refractivity contribution >= 4 is 29.9 Å². The number of hydrogen-bond donors (Lipinski definition) is 2. The molecule has 1 aromatic heterocycles. The van der Waals surface area contributed by atoms with Crippen LogP contribution in [0.4, 0.5) is 0 Å². The van der Waals surface area contributed by atoms with Gasteiger partial charge >= 0.3 is 0 Å². The molecule has 1 aromatic carbocycles. The molecule has 0 spiro atoms. The molecule has 5 nitrogen and oxygen atoms in total. The Labute approximate surface area is 154 Å². The second-order valence-corrected chi connectivity index (χ2v) is 5.80. The topological polar surface area (TPSA) is 54.2 Å². The van der Waals surface area contributed by atoms with Crippen molar-refractivity contribution < 1.29 is 0 Å². The van der Waals surface area contributed by atoms with Crippen molar-refractivity contribution in [1.29, 1.82) is 0 Å². The van der Waals surface area contributed by atoms with Gasteiger partial charge in [0, 0.05) is 44.5 Å². The summed E-state index contributed by atoms with van der Waals surface area (Å²) in [6.45, 7) is 2.64. The van der Waals surface area contributed by atoms with Gasteiger partial charge in [-0.15, -0.1) is 24.0 Å². The third-order valence-corrected chi connectivity index (χ3v) is 4.28. The number of nitrogens with zero attached hydrogens (tertiary/aromatic N) is 3. The average Bonchev–Trinajstić information content (AvgIpc) is 3.18. The van der Waals surface area contributed by atoms with Crippen molar-refractivity contribution in [3.8, 4) is 0 Å². The lowest BCUT2D eigenvalue weighted by Gasteiger charge is -2.19. The van der Waals surface area contributed by atoms with Crippen molar-refractivity contribution in [2.45, 2.75) is 24.8 Å². The average molecular weight is 425 g/mol. The van der Waals surface area contributed by atoms with Crippen molar-refractivity contribution in [3.63, 3.8) is 0 Å². The molecule has 0 bridgehead atoms. The molecule has 1 aliphatic rings. The number of guanidine groups is 1. The van der Waals surface area contributed by atoms with Crippen LogP contribution >= 0.6 is 24.0 Å². The summed E-state index contributed by atoms with van der Waals surface area (Å²) in [5.74, 6) is 0.863. The van der Waals surface area contributed by atoms with E-state index in [0.717, 1.165) is 25.6 Å². The van der Waals surface area contributed by atoms with Gasteiger partial charge in [0.15, 0.2) is 5.96 Å². The summed E-state index contributed by atoms with van der Waals surface area (Å²) in [6, 6.07) is 10.8. The van der Waals surface area contributed by atoms with E-state index in [0.29, 0.717) is 5.41 Å². The molecule has 1 heterocycles. The zero-order valence-corrected chi connectivity index (χ0v) is 15.7. The number of benzene rings is 1. The lowest BCUT2D eigenvalue weighted by atomic mass is 9.96. The van der Waals surface area contributed by atoms with Crippen LogP contribution in [0.1, 0.15) is 18.4 Å². The number of imidazole rings is 1. The van der Waals surface area contributed by atoms with Crippen molar-refractivity contribution in [3.05, 3.63) is 54.6 Å². The smallest absolute Gasteiger partial charge is 0.191 e. The van der Waals surface area contributed by atoms with Crippen LogP contribution in [0.15, 0.2) is 54.0 Å². The second kappa shape index (κ2) is 8.33. The van der Waals surface area contributed by atoms with E-state index < -0.39 is 0 Å². The summed E-state index contributed by atoms with van der Waals surface area (Å²) < 4.78 is 2.05. The van der Waals surface area contributed by atoms with Gasteiger partial charge in [0.2, 0.25) is 0 Å². The highest BCUT2D eigenvalue weighted by Crippen LogP contribution is 2.47. The third-order valence-electron chi connectivity index (χ3n) is 4.28. The molecule has 0 saturated heterocycles. The van der Waals surface area contributed by atoms with E-state index >= 15 is 0 Å². The van der Waals surface area contributed by atoms with Gasteiger partial charge in [-0.3, -0.25) is 4.99 Å². The maximum atomic E-state index is 4.30. The Morgan fingerprint density at radius 3 is 2.65 bits per heavy atom. The monoisotopic (exact) mass is 425 g/mol. The van der Waals surface area contributed by atoms with Gasteiger partial charge in [-0.2, -0.15) is 0 Å². The molecule has 0 radical (unpaired) electrons. The first-order valence-corrected chi connectivity index (χ1v) is 7.78. The first-order chi connectivity index (χ1) is 10.8. The third kappa shape index (κ3) is 4.70. The van der Waals surface area contributed by atoms with E-state index in [1.54, 1.807) is 6.20 Å². The molecule has 2 aromatic rings. The van der Waals surface area contributed by atoms with Gasteiger partial charge in [0.05, 0.1) is 6.33 Å². The Morgan fingerprint density at radius 2 is 2.04 bits per heavy atom. The summed E-state index contributed by atoms with van der Waals surface area (Å²) in [5.41, 5.74) is 1.72. The Bertz CT molecular complexity index is 605. The lowest BCUT2D eigenvalue weighted by molar-refractivity contribution is 0.628. The maximum Gasteiger partial charge on any atom is 0.191 e. The fourth-order valence-electron chi connectivity index (χ4n) is 2.71. The highest BCUT2D eigenvalue weighted by Gasteiger charge is 2.43. The van der Waals surface area contributed by atoms with Gasteiger partial charge in [0.1, 0.15) is 0 Å². The van der Waals surface area contributed by atoms with E-state index in [1.165, 1.54) is 18.4 Å². The van der Waals surface area contributed by atoms with Gasteiger partial charge in [0.25, 0.3) is 0 Å². The minimum Gasteiger partial charge on any atom is -0.356 e. The lowest BCUT2D eigenvalue weighted by Crippen LogP contribution is -2.42. The van der Waals surface area contributed by atoms with Gasteiger partial charge < -0.3 is 15.2 Å². The molecule has 0 atom stereocenters. The van der Waals surface area contributed by atoms with Crippen molar-refractivity contribution in [1.82, 2.24) is 20.2 Å². The number of aromatic nitrogens is 2. The zero-order chi connectivity index (χ0) is 15.3. The quantitative estimate of drug-likeness (QED) is 0.425. The zero-order valence-electron chi connectivity index (χ0n) is 13.4. The number of hydrogen-bond acceptors (Lipinski definition) is 2.